The first-order chi connectivity index (χ1) is 7.15. The molecule has 2 rings (SSSR count). The normalized spacial score (nSPS) is 26.5. The maximum Gasteiger partial charge on any atom is 0.161 e. The number of carbonyl (C=O) groups excluding carboxylic acids is 1. The molecule has 1 fully saturated rings. The summed E-state index contributed by atoms with van der Waals surface area (Å²) < 4.78 is 5.80. The Hall–Kier alpha value is -0.740. The highest BCUT2D eigenvalue weighted by atomic mass is 32.1. The van der Waals surface area contributed by atoms with E-state index in [1.54, 1.807) is 0 Å². The predicted octanol–water partition coefficient (Wildman–Crippen LogP) is 2.68. The maximum absolute atomic E-state index is 10.8. The van der Waals surface area contributed by atoms with Crippen molar-refractivity contribution in [3.63, 3.8) is 0 Å². The van der Waals surface area contributed by atoms with E-state index in [0.29, 0.717) is 0 Å². The number of hydrogen-bond acceptors (Lipinski definition) is 4. The van der Waals surface area contributed by atoms with Gasteiger partial charge in [0.25, 0.3) is 0 Å². The summed E-state index contributed by atoms with van der Waals surface area (Å²) in [6, 6.07) is 0. The van der Waals surface area contributed by atoms with Crippen LogP contribution in [-0.4, -0.2) is 17.9 Å². The Balaban J connectivity index is 2.30. The van der Waals surface area contributed by atoms with Crippen LogP contribution >= 0.6 is 11.3 Å². The van der Waals surface area contributed by atoms with Gasteiger partial charge in [0.15, 0.2) is 6.29 Å². The third-order valence-corrected chi connectivity index (χ3v) is 4.19. The molecule has 1 aliphatic rings. The predicted molar refractivity (Wildman–Crippen MR) is 59.4 cm³/mol. The first-order valence-corrected chi connectivity index (χ1v) is 6.04. The van der Waals surface area contributed by atoms with E-state index < -0.39 is 0 Å². The van der Waals surface area contributed by atoms with Crippen molar-refractivity contribution in [2.24, 2.45) is 0 Å². The van der Waals surface area contributed by atoms with Crippen LogP contribution in [0.5, 0.6) is 0 Å². The highest BCUT2D eigenvalue weighted by molar-refractivity contribution is 7.13. The quantitative estimate of drug-likeness (QED) is 0.726. The van der Waals surface area contributed by atoms with Gasteiger partial charge in [-0.05, 0) is 33.1 Å². The molecule has 82 valence electrons. The van der Waals surface area contributed by atoms with Crippen LogP contribution < -0.4 is 0 Å². The van der Waals surface area contributed by atoms with Crippen molar-refractivity contribution in [1.82, 2.24) is 4.98 Å². The second kappa shape index (κ2) is 4.02. The van der Waals surface area contributed by atoms with Crippen molar-refractivity contribution in [1.29, 1.82) is 0 Å². The molecule has 0 amide bonds. The molecule has 3 nitrogen and oxygen atoms in total. The zero-order chi connectivity index (χ0) is 10.9. The van der Waals surface area contributed by atoms with Gasteiger partial charge in [-0.2, -0.15) is 0 Å². The topological polar surface area (TPSA) is 39.2 Å². The molecule has 0 saturated carbocycles. The standard InChI is InChI=1S/C11H15NO2S/c1-8-9(7-13)15-10(12-8)11(2)5-3-4-6-14-11/h7H,3-6H2,1-2H3. The second-order valence-electron chi connectivity index (χ2n) is 4.12. The largest absolute Gasteiger partial charge is 0.368 e. The Labute approximate surface area is 93.5 Å². The van der Waals surface area contributed by atoms with Gasteiger partial charge in [-0.15, -0.1) is 11.3 Å². The lowest BCUT2D eigenvalue weighted by Crippen LogP contribution is -2.29. The Kier molecular flexibility index (Phi) is 2.89. The summed E-state index contributed by atoms with van der Waals surface area (Å²) >= 11 is 1.46. The van der Waals surface area contributed by atoms with Crippen LogP contribution in [0.25, 0.3) is 0 Å². The zero-order valence-corrected chi connectivity index (χ0v) is 9.89. The van der Waals surface area contributed by atoms with Gasteiger partial charge in [-0.3, -0.25) is 4.79 Å². The average Bonchev–Trinajstić information content (AvgIpc) is 2.61. The van der Waals surface area contributed by atoms with Crippen LogP contribution in [-0.2, 0) is 10.3 Å². The van der Waals surface area contributed by atoms with E-state index in [4.69, 9.17) is 4.74 Å². The van der Waals surface area contributed by atoms with Crippen molar-refractivity contribution >= 4 is 17.6 Å². The molecule has 15 heavy (non-hydrogen) atoms. The van der Waals surface area contributed by atoms with Gasteiger partial charge in [0.1, 0.15) is 10.6 Å². The van der Waals surface area contributed by atoms with Gasteiger partial charge in [0, 0.05) is 6.61 Å². The molecule has 0 aliphatic carbocycles. The first-order valence-electron chi connectivity index (χ1n) is 5.23. The molecule has 1 aliphatic heterocycles. The van der Waals surface area contributed by atoms with Crippen LogP contribution in [0.2, 0.25) is 0 Å². The minimum Gasteiger partial charge on any atom is -0.368 e. The van der Waals surface area contributed by atoms with Crippen LogP contribution in [0.3, 0.4) is 0 Å². The van der Waals surface area contributed by atoms with Gasteiger partial charge >= 0.3 is 0 Å². The SMILES string of the molecule is Cc1nc(C2(C)CCCCO2)sc1C=O. The van der Waals surface area contributed by atoms with Crippen LogP contribution in [0.1, 0.15) is 46.6 Å². The fraction of sp³-hybridized carbons (Fsp3) is 0.636. The van der Waals surface area contributed by atoms with E-state index in [9.17, 15) is 4.79 Å². The molecule has 1 saturated heterocycles. The third kappa shape index (κ3) is 1.96. The lowest BCUT2D eigenvalue weighted by atomic mass is 9.97. The van der Waals surface area contributed by atoms with Crippen LogP contribution in [0, 0.1) is 6.92 Å². The monoisotopic (exact) mass is 225 g/mol. The molecule has 0 spiro atoms. The lowest BCUT2D eigenvalue weighted by Gasteiger charge is -2.31. The van der Waals surface area contributed by atoms with Gasteiger partial charge < -0.3 is 4.74 Å². The maximum atomic E-state index is 10.8. The minimum absolute atomic E-state index is 0.269. The summed E-state index contributed by atoms with van der Waals surface area (Å²) in [4.78, 5) is 15.9. The molecular weight excluding hydrogens is 210 g/mol. The molecule has 0 N–H and O–H groups in total. The minimum atomic E-state index is -0.269. The third-order valence-electron chi connectivity index (χ3n) is 2.86. The lowest BCUT2D eigenvalue weighted by molar-refractivity contribution is -0.0702. The van der Waals surface area contributed by atoms with E-state index >= 15 is 0 Å². The van der Waals surface area contributed by atoms with E-state index in [-0.39, 0.29) is 5.60 Å². The number of aromatic nitrogens is 1. The smallest absolute Gasteiger partial charge is 0.161 e. The molecule has 0 aromatic carbocycles. The van der Waals surface area contributed by atoms with E-state index in [2.05, 4.69) is 11.9 Å². The summed E-state index contributed by atoms with van der Waals surface area (Å²) in [5, 5.41) is 0.946. The Bertz CT molecular complexity index is 367. The summed E-state index contributed by atoms with van der Waals surface area (Å²) in [6.45, 7) is 4.74. The molecule has 1 aromatic rings. The van der Waals surface area contributed by atoms with E-state index in [0.717, 1.165) is 41.3 Å². The highest BCUT2D eigenvalue weighted by Crippen LogP contribution is 2.37. The molecule has 1 atom stereocenters. The van der Waals surface area contributed by atoms with Gasteiger partial charge in [-0.1, -0.05) is 0 Å². The number of hydrogen-bond donors (Lipinski definition) is 0. The Morgan fingerprint density at radius 1 is 1.53 bits per heavy atom. The van der Waals surface area contributed by atoms with E-state index in [1.165, 1.54) is 17.8 Å². The second-order valence-corrected chi connectivity index (χ2v) is 5.15. The zero-order valence-electron chi connectivity index (χ0n) is 9.08. The first kappa shape index (κ1) is 10.8. The number of thiazole rings is 1. The number of rotatable bonds is 2. The number of carbonyl (C=O) groups is 1. The molecule has 4 heteroatoms. The van der Waals surface area contributed by atoms with Crippen LogP contribution in [0.4, 0.5) is 0 Å². The molecular formula is C11H15NO2S. The fourth-order valence-electron chi connectivity index (χ4n) is 1.85. The molecule has 0 bridgehead atoms. The average molecular weight is 225 g/mol. The number of ether oxygens (including phenoxy) is 1. The van der Waals surface area contributed by atoms with Gasteiger partial charge in [0.2, 0.25) is 0 Å². The van der Waals surface area contributed by atoms with Crippen molar-refractivity contribution in [3.8, 4) is 0 Å². The summed E-state index contributed by atoms with van der Waals surface area (Å²) in [7, 11) is 0. The Morgan fingerprint density at radius 3 is 2.87 bits per heavy atom. The van der Waals surface area contributed by atoms with E-state index in [1.807, 2.05) is 6.92 Å². The van der Waals surface area contributed by atoms with Crippen molar-refractivity contribution in [2.75, 3.05) is 6.61 Å². The molecule has 1 aromatic heterocycles. The van der Waals surface area contributed by atoms with Crippen molar-refractivity contribution in [3.05, 3.63) is 15.6 Å². The molecule has 0 radical (unpaired) electrons. The highest BCUT2D eigenvalue weighted by Gasteiger charge is 2.33. The summed E-state index contributed by atoms with van der Waals surface area (Å²) in [6.07, 6.45) is 4.17. The van der Waals surface area contributed by atoms with Crippen molar-refractivity contribution < 1.29 is 9.53 Å². The summed E-state index contributed by atoms with van der Waals surface area (Å²) in [5.74, 6) is 0. The fourth-order valence-corrected chi connectivity index (χ4v) is 2.86. The molecule has 1 unspecified atom stereocenters. The van der Waals surface area contributed by atoms with Gasteiger partial charge in [0.05, 0.1) is 10.6 Å². The summed E-state index contributed by atoms with van der Waals surface area (Å²) in [5.41, 5.74) is 0.551. The number of aryl methyl sites for hydroxylation is 1. The number of aldehydes is 1. The molecule has 2 heterocycles. The Morgan fingerprint density at radius 2 is 2.33 bits per heavy atom. The van der Waals surface area contributed by atoms with Crippen molar-refractivity contribution in [2.45, 2.75) is 38.7 Å². The van der Waals surface area contributed by atoms with Crippen LogP contribution in [0.15, 0.2) is 0 Å². The number of nitrogens with zero attached hydrogens (tertiary/aromatic N) is 1. The van der Waals surface area contributed by atoms with Gasteiger partial charge in [-0.25, -0.2) is 4.98 Å².